The second-order valence-electron chi connectivity index (χ2n) is 9.56. The predicted molar refractivity (Wildman–Crippen MR) is 138 cm³/mol. The maximum Gasteiger partial charge on any atom is 0.238 e. The molecule has 0 atom stereocenters. The first-order chi connectivity index (χ1) is 15.9. The Kier molecular flexibility index (Phi) is 9.38. The molecule has 0 heterocycles. The number of amides is 3. The molecule has 0 saturated carbocycles. The van der Waals surface area contributed by atoms with Crippen molar-refractivity contribution in [1.29, 1.82) is 0 Å². The van der Waals surface area contributed by atoms with Crippen molar-refractivity contribution in [3.8, 4) is 0 Å². The molecule has 0 aromatic heterocycles. The number of para-hydroxylation sites is 2. The summed E-state index contributed by atoms with van der Waals surface area (Å²) in [7, 11) is 0. The maximum atomic E-state index is 12.9. The molecule has 0 aliphatic heterocycles. The molecule has 2 rings (SSSR count). The highest BCUT2D eigenvalue weighted by molar-refractivity contribution is 5.96. The minimum absolute atomic E-state index is 0.0657. The number of nitrogens with one attached hydrogen (secondary N) is 3. The Hall–Kier alpha value is -3.19. The second-order valence-corrected chi connectivity index (χ2v) is 9.56. The predicted octanol–water partition coefficient (Wildman–Crippen LogP) is 4.10. The molecule has 0 unspecified atom stereocenters. The largest absolute Gasteiger partial charge is 0.350 e. The maximum absolute atomic E-state index is 12.9. The van der Waals surface area contributed by atoms with Crippen molar-refractivity contribution in [2.75, 3.05) is 30.3 Å². The standard InChI is InChI=1S/C27H38N4O3/c1-8-27(6,7)30-24(34)17-31(15-22(32)28-25-18(2)11-9-12-19(25)3)16-23(33)29-26-20(4)13-10-14-21(26)5/h9-14H,8,15-17H2,1-7H3,(H,28,32)(H,29,33)(H,30,34). The first-order valence-electron chi connectivity index (χ1n) is 11.7. The Morgan fingerprint density at radius 2 is 1.06 bits per heavy atom. The van der Waals surface area contributed by atoms with Crippen LogP contribution in [0.5, 0.6) is 0 Å². The molecule has 184 valence electrons. The third kappa shape index (κ3) is 7.99. The number of nitrogens with zero attached hydrogens (tertiary/aromatic N) is 1. The van der Waals surface area contributed by atoms with Gasteiger partial charge in [0.25, 0.3) is 0 Å². The van der Waals surface area contributed by atoms with Gasteiger partial charge in [0.05, 0.1) is 19.6 Å². The highest BCUT2D eigenvalue weighted by atomic mass is 16.2. The van der Waals surface area contributed by atoms with Crippen molar-refractivity contribution in [1.82, 2.24) is 10.2 Å². The molecule has 0 bridgehead atoms. The van der Waals surface area contributed by atoms with Gasteiger partial charge >= 0.3 is 0 Å². The fraction of sp³-hybridized carbons (Fsp3) is 0.444. The smallest absolute Gasteiger partial charge is 0.238 e. The molecule has 34 heavy (non-hydrogen) atoms. The number of benzene rings is 2. The van der Waals surface area contributed by atoms with Gasteiger partial charge in [-0.1, -0.05) is 43.3 Å². The molecule has 0 radical (unpaired) electrons. The monoisotopic (exact) mass is 466 g/mol. The Balaban J connectivity index is 2.15. The van der Waals surface area contributed by atoms with Gasteiger partial charge in [0.2, 0.25) is 17.7 Å². The summed E-state index contributed by atoms with van der Waals surface area (Å²) in [6, 6.07) is 11.6. The Morgan fingerprint density at radius 3 is 1.41 bits per heavy atom. The molecule has 0 saturated heterocycles. The molecule has 7 nitrogen and oxygen atoms in total. The van der Waals surface area contributed by atoms with E-state index < -0.39 is 0 Å². The van der Waals surface area contributed by atoms with E-state index in [0.717, 1.165) is 40.0 Å². The second kappa shape index (κ2) is 11.8. The van der Waals surface area contributed by atoms with Gasteiger partial charge in [-0.05, 0) is 70.2 Å². The van der Waals surface area contributed by atoms with Crippen LogP contribution in [-0.2, 0) is 14.4 Å². The number of hydrogen-bond acceptors (Lipinski definition) is 4. The average molecular weight is 467 g/mol. The lowest BCUT2D eigenvalue weighted by atomic mass is 10.0. The molecule has 0 spiro atoms. The van der Waals surface area contributed by atoms with E-state index in [-0.39, 0.29) is 42.9 Å². The van der Waals surface area contributed by atoms with E-state index in [1.54, 1.807) is 4.90 Å². The lowest BCUT2D eigenvalue weighted by Gasteiger charge is -2.27. The van der Waals surface area contributed by atoms with Crippen LogP contribution in [0.2, 0.25) is 0 Å². The first kappa shape index (κ1) is 27.1. The molecule has 2 aromatic carbocycles. The summed E-state index contributed by atoms with van der Waals surface area (Å²) in [5.41, 5.74) is 4.95. The van der Waals surface area contributed by atoms with Gasteiger partial charge in [0, 0.05) is 16.9 Å². The molecule has 0 aliphatic rings. The van der Waals surface area contributed by atoms with Gasteiger partial charge < -0.3 is 16.0 Å². The fourth-order valence-corrected chi connectivity index (χ4v) is 3.66. The number of hydrogen-bond donors (Lipinski definition) is 3. The quantitative estimate of drug-likeness (QED) is 0.492. The Bertz CT molecular complexity index is 938. The van der Waals surface area contributed by atoms with Gasteiger partial charge in [-0.3, -0.25) is 19.3 Å². The SMILES string of the molecule is CCC(C)(C)NC(=O)CN(CC(=O)Nc1c(C)cccc1C)CC(=O)Nc1c(C)cccc1C. The van der Waals surface area contributed by atoms with E-state index in [1.165, 1.54) is 0 Å². The number of carbonyl (C=O) groups is 3. The van der Waals surface area contributed by atoms with Crippen LogP contribution in [0.1, 0.15) is 49.4 Å². The minimum atomic E-state index is -0.371. The third-order valence-corrected chi connectivity index (χ3v) is 5.95. The summed E-state index contributed by atoms with van der Waals surface area (Å²) in [6.07, 6.45) is 0.763. The van der Waals surface area contributed by atoms with Gasteiger partial charge in [0.15, 0.2) is 0 Å². The molecule has 3 amide bonds. The van der Waals surface area contributed by atoms with E-state index >= 15 is 0 Å². The Labute approximate surface area is 203 Å². The van der Waals surface area contributed by atoms with Crippen molar-refractivity contribution in [3.05, 3.63) is 58.7 Å². The first-order valence-corrected chi connectivity index (χ1v) is 11.7. The van der Waals surface area contributed by atoms with Crippen molar-refractivity contribution >= 4 is 29.1 Å². The summed E-state index contributed by atoms with van der Waals surface area (Å²) in [5, 5.41) is 8.85. The normalized spacial score (nSPS) is 11.3. The summed E-state index contributed by atoms with van der Waals surface area (Å²) in [4.78, 5) is 40.0. The van der Waals surface area contributed by atoms with Crippen molar-refractivity contribution < 1.29 is 14.4 Å². The van der Waals surface area contributed by atoms with Gasteiger partial charge in [0.1, 0.15) is 0 Å². The summed E-state index contributed by atoms with van der Waals surface area (Å²) in [5.74, 6) is -0.786. The highest BCUT2D eigenvalue weighted by Gasteiger charge is 2.23. The van der Waals surface area contributed by atoms with E-state index in [2.05, 4.69) is 16.0 Å². The van der Waals surface area contributed by atoms with Crippen LogP contribution in [0.4, 0.5) is 11.4 Å². The van der Waals surface area contributed by atoms with E-state index in [9.17, 15) is 14.4 Å². The summed E-state index contributed by atoms with van der Waals surface area (Å²) in [6.45, 7) is 13.3. The van der Waals surface area contributed by atoms with Crippen LogP contribution in [0.3, 0.4) is 0 Å². The Morgan fingerprint density at radius 1 is 0.706 bits per heavy atom. The number of aryl methyl sites for hydroxylation is 4. The summed E-state index contributed by atoms with van der Waals surface area (Å²) >= 11 is 0. The number of carbonyl (C=O) groups excluding carboxylic acids is 3. The summed E-state index contributed by atoms with van der Waals surface area (Å²) < 4.78 is 0. The van der Waals surface area contributed by atoms with Crippen LogP contribution in [0, 0.1) is 27.7 Å². The van der Waals surface area contributed by atoms with Gasteiger partial charge in [-0.15, -0.1) is 0 Å². The van der Waals surface area contributed by atoms with Crippen LogP contribution in [0.15, 0.2) is 36.4 Å². The van der Waals surface area contributed by atoms with Gasteiger partial charge in [-0.25, -0.2) is 0 Å². The zero-order valence-electron chi connectivity index (χ0n) is 21.5. The van der Waals surface area contributed by atoms with E-state index in [0.29, 0.717) is 0 Å². The van der Waals surface area contributed by atoms with Crippen LogP contribution in [-0.4, -0.2) is 47.8 Å². The lowest BCUT2D eigenvalue weighted by Crippen LogP contribution is -2.49. The van der Waals surface area contributed by atoms with Crippen LogP contribution < -0.4 is 16.0 Å². The molecular weight excluding hydrogens is 428 g/mol. The third-order valence-electron chi connectivity index (χ3n) is 5.95. The fourth-order valence-electron chi connectivity index (χ4n) is 3.66. The molecule has 3 N–H and O–H groups in total. The van der Waals surface area contributed by atoms with E-state index in [4.69, 9.17) is 0 Å². The molecule has 2 aromatic rings. The van der Waals surface area contributed by atoms with Crippen molar-refractivity contribution in [3.63, 3.8) is 0 Å². The number of rotatable bonds is 10. The molecule has 7 heteroatoms. The number of anilines is 2. The van der Waals surface area contributed by atoms with Crippen LogP contribution >= 0.6 is 0 Å². The van der Waals surface area contributed by atoms with E-state index in [1.807, 2.05) is 84.9 Å². The molecular formula is C27H38N4O3. The van der Waals surface area contributed by atoms with Crippen LogP contribution in [0.25, 0.3) is 0 Å². The van der Waals surface area contributed by atoms with Gasteiger partial charge in [-0.2, -0.15) is 0 Å². The molecule has 0 fully saturated rings. The van der Waals surface area contributed by atoms with Crippen molar-refractivity contribution in [2.45, 2.75) is 60.4 Å². The zero-order valence-corrected chi connectivity index (χ0v) is 21.5. The topological polar surface area (TPSA) is 90.5 Å². The van der Waals surface area contributed by atoms with Crippen molar-refractivity contribution in [2.24, 2.45) is 0 Å². The minimum Gasteiger partial charge on any atom is -0.350 e. The average Bonchev–Trinajstić information content (AvgIpc) is 2.73. The lowest BCUT2D eigenvalue weighted by molar-refractivity contribution is -0.126. The highest BCUT2D eigenvalue weighted by Crippen LogP contribution is 2.20. The molecule has 0 aliphatic carbocycles. The zero-order chi connectivity index (χ0) is 25.5.